The number of piperazine rings is 1. The topological polar surface area (TPSA) is 36.0 Å². The maximum atomic E-state index is 13.1. The predicted molar refractivity (Wildman–Crippen MR) is 121 cm³/mol. The van der Waals surface area contributed by atoms with Gasteiger partial charge in [0.25, 0.3) is 5.91 Å². The molecular weight excluding hydrogens is 443 g/mol. The van der Waals surface area contributed by atoms with Crippen LogP contribution in [-0.2, 0) is 22.1 Å². The molecule has 2 aromatic carbocycles. The van der Waals surface area contributed by atoms with Crippen LogP contribution in [0.4, 0.5) is 24.5 Å². The van der Waals surface area contributed by atoms with E-state index in [1.54, 1.807) is 0 Å². The molecule has 0 radical (unpaired) electrons. The van der Waals surface area contributed by atoms with Crippen LogP contribution in [0.2, 0.25) is 0 Å². The summed E-state index contributed by atoms with van der Waals surface area (Å²) in [6.07, 6.45) is -4.63. The summed E-state index contributed by atoms with van der Waals surface area (Å²) in [5, 5.41) is 0. The molecule has 0 spiro atoms. The highest BCUT2D eigenvalue weighted by Gasteiger charge is 2.33. The number of halogens is 4. The molecule has 9 heteroatoms. The van der Waals surface area contributed by atoms with E-state index in [9.17, 15) is 18.0 Å². The highest BCUT2D eigenvalue weighted by atomic mass is 35.5. The summed E-state index contributed by atoms with van der Waals surface area (Å²) in [7, 11) is 2.10. The van der Waals surface area contributed by atoms with Gasteiger partial charge in [0.1, 0.15) is 6.10 Å². The standard InChI is InChI=1S/C23H26F3N3O2.ClH/c1-27-10-12-28(13-11-27)20-5-3-2-4-17(20)16-21-22(30)29(14-15-31-21)19-8-6-18(7-9-19)23(24,25)26;/h2-9,21H,10-16H2,1H3;1H. The molecule has 2 heterocycles. The van der Waals surface area contributed by atoms with Crippen molar-refractivity contribution >= 4 is 29.7 Å². The third-order valence-electron chi connectivity index (χ3n) is 5.92. The number of carbonyl (C=O) groups excluding carboxylic acids is 1. The number of nitrogens with zero attached hydrogens (tertiary/aromatic N) is 3. The van der Waals surface area contributed by atoms with Gasteiger partial charge in [-0.3, -0.25) is 4.79 Å². The molecule has 4 rings (SSSR count). The molecule has 2 saturated heterocycles. The van der Waals surface area contributed by atoms with Crippen LogP contribution in [0.25, 0.3) is 0 Å². The van der Waals surface area contributed by atoms with Crippen molar-refractivity contribution in [1.82, 2.24) is 4.90 Å². The van der Waals surface area contributed by atoms with Crippen LogP contribution in [0.1, 0.15) is 11.1 Å². The Bertz CT molecular complexity index is 915. The van der Waals surface area contributed by atoms with E-state index in [4.69, 9.17) is 4.74 Å². The molecule has 1 amide bonds. The van der Waals surface area contributed by atoms with Gasteiger partial charge in [-0.05, 0) is 42.9 Å². The Labute approximate surface area is 192 Å². The van der Waals surface area contributed by atoms with Gasteiger partial charge < -0.3 is 19.4 Å². The predicted octanol–water partition coefficient (Wildman–Crippen LogP) is 3.85. The van der Waals surface area contributed by atoms with Gasteiger partial charge in [0.2, 0.25) is 0 Å². The first-order chi connectivity index (χ1) is 14.8. The van der Waals surface area contributed by atoms with E-state index < -0.39 is 17.8 Å². The number of hydrogen-bond donors (Lipinski definition) is 0. The fraction of sp³-hybridized carbons (Fsp3) is 0.435. The molecule has 32 heavy (non-hydrogen) atoms. The summed E-state index contributed by atoms with van der Waals surface area (Å²) in [6.45, 7) is 4.47. The Morgan fingerprint density at radius 2 is 1.62 bits per heavy atom. The summed E-state index contributed by atoms with van der Waals surface area (Å²) in [4.78, 5) is 19.2. The molecule has 0 bridgehead atoms. The number of likely N-dealkylation sites (N-methyl/N-ethyl adjacent to an activating group) is 1. The van der Waals surface area contributed by atoms with Crippen molar-refractivity contribution < 1.29 is 22.7 Å². The summed E-state index contributed by atoms with van der Waals surface area (Å²) in [5.74, 6) is -0.223. The summed E-state index contributed by atoms with van der Waals surface area (Å²) < 4.78 is 44.3. The van der Waals surface area contributed by atoms with Crippen LogP contribution >= 0.6 is 12.4 Å². The van der Waals surface area contributed by atoms with Gasteiger partial charge in [0, 0.05) is 50.5 Å². The lowest BCUT2D eigenvalue weighted by molar-refractivity contribution is -0.137. The smallest absolute Gasteiger partial charge is 0.369 e. The lowest BCUT2D eigenvalue weighted by atomic mass is 10.0. The maximum absolute atomic E-state index is 13.1. The molecule has 0 saturated carbocycles. The van der Waals surface area contributed by atoms with Gasteiger partial charge in [0.15, 0.2) is 0 Å². The van der Waals surface area contributed by atoms with E-state index in [1.807, 2.05) is 18.2 Å². The fourth-order valence-electron chi connectivity index (χ4n) is 4.11. The number of benzene rings is 2. The van der Waals surface area contributed by atoms with E-state index >= 15 is 0 Å². The van der Waals surface area contributed by atoms with Crippen LogP contribution in [0, 0.1) is 0 Å². The molecule has 2 aliphatic rings. The molecule has 0 aliphatic carbocycles. The molecule has 0 N–H and O–H groups in total. The zero-order chi connectivity index (χ0) is 22.0. The lowest BCUT2D eigenvalue weighted by Crippen LogP contribution is -2.49. The van der Waals surface area contributed by atoms with Crippen LogP contribution in [0.15, 0.2) is 48.5 Å². The third-order valence-corrected chi connectivity index (χ3v) is 5.92. The minimum atomic E-state index is -4.40. The van der Waals surface area contributed by atoms with Crippen LogP contribution in [-0.4, -0.2) is 63.3 Å². The van der Waals surface area contributed by atoms with Gasteiger partial charge in [-0.2, -0.15) is 13.2 Å². The number of hydrogen-bond acceptors (Lipinski definition) is 4. The van der Waals surface area contributed by atoms with Crippen molar-refractivity contribution in [2.24, 2.45) is 0 Å². The van der Waals surface area contributed by atoms with Gasteiger partial charge in [0.05, 0.1) is 12.2 Å². The number of carbonyl (C=O) groups is 1. The number of para-hydroxylation sites is 1. The molecule has 1 atom stereocenters. The second-order valence-corrected chi connectivity index (χ2v) is 8.02. The first-order valence-corrected chi connectivity index (χ1v) is 10.4. The zero-order valence-electron chi connectivity index (χ0n) is 17.8. The van der Waals surface area contributed by atoms with Gasteiger partial charge >= 0.3 is 6.18 Å². The summed E-state index contributed by atoms with van der Waals surface area (Å²) in [6, 6.07) is 12.8. The molecule has 0 aromatic heterocycles. The lowest BCUT2D eigenvalue weighted by Gasteiger charge is -2.36. The first-order valence-electron chi connectivity index (χ1n) is 10.4. The molecule has 2 fully saturated rings. The minimum absolute atomic E-state index is 0. The summed E-state index contributed by atoms with van der Waals surface area (Å²) >= 11 is 0. The Kier molecular flexibility index (Phi) is 7.69. The molecule has 1 unspecified atom stereocenters. The number of ether oxygens (including phenoxy) is 1. The molecular formula is C23H27ClF3N3O2. The molecule has 2 aliphatic heterocycles. The summed E-state index contributed by atoms with van der Waals surface area (Å²) in [5.41, 5.74) is 1.88. The van der Waals surface area contributed by atoms with Crippen molar-refractivity contribution in [2.75, 3.05) is 56.2 Å². The Hall–Kier alpha value is -2.29. The van der Waals surface area contributed by atoms with Crippen LogP contribution in [0.3, 0.4) is 0 Å². The van der Waals surface area contributed by atoms with Crippen molar-refractivity contribution in [3.63, 3.8) is 0 Å². The number of rotatable bonds is 4. The number of amides is 1. The van der Waals surface area contributed by atoms with Crippen LogP contribution in [0.5, 0.6) is 0 Å². The molecule has 2 aromatic rings. The van der Waals surface area contributed by atoms with Gasteiger partial charge in [-0.15, -0.1) is 12.4 Å². The Balaban J connectivity index is 0.00000289. The van der Waals surface area contributed by atoms with Gasteiger partial charge in [-0.25, -0.2) is 0 Å². The Morgan fingerprint density at radius 3 is 2.28 bits per heavy atom. The highest BCUT2D eigenvalue weighted by molar-refractivity contribution is 5.97. The fourth-order valence-corrected chi connectivity index (χ4v) is 4.11. The molecule has 174 valence electrons. The average molecular weight is 470 g/mol. The van der Waals surface area contributed by atoms with Crippen LogP contribution < -0.4 is 9.80 Å². The number of morpholine rings is 1. The van der Waals surface area contributed by atoms with Crippen molar-refractivity contribution in [3.05, 3.63) is 59.7 Å². The quantitative estimate of drug-likeness (QED) is 0.681. The number of anilines is 2. The minimum Gasteiger partial charge on any atom is -0.369 e. The number of alkyl halides is 3. The molecule has 5 nitrogen and oxygen atoms in total. The second kappa shape index (κ2) is 10.1. The Morgan fingerprint density at radius 1 is 0.969 bits per heavy atom. The zero-order valence-corrected chi connectivity index (χ0v) is 18.7. The monoisotopic (exact) mass is 469 g/mol. The van der Waals surface area contributed by atoms with E-state index in [0.29, 0.717) is 25.3 Å². The third kappa shape index (κ3) is 5.36. The van der Waals surface area contributed by atoms with Crippen molar-refractivity contribution in [3.8, 4) is 0 Å². The van der Waals surface area contributed by atoms with Gasteiger partial charge in [-0.1, -0.05) is 18.2 Å². The SMILES string of the molecule is CN1CCN(c2ccccc2CC2OCCN(c3ccc(C(F)(F)F)cc3)C2=O)CC1.Cl. The maximum Gasteiger partial charge on any atom is 0.416 e. The average Bonchev–Trinajstić information content (AvgIpc) is 2.76. The van der Waals surface area contributed by atoms with E-state index in [2.05, 4.69) is 22.9 Å². The highest BCUT2D eigenvalue weighted by Crippen LogP contribution is 2.31. The van der Waals surface area contributed by atoms with E-state index in [-0.39, 0.29) is 18.3 Å². The second-order valence-electron chi connectivity index (χ2n) is 8.02. The van der Waals surface area contributed by atoms with E-state index in [0.717, 1.165) is 49.6 Å². The van der Waals surface area contributed by atoms with Crippen molar-refractivity contribution in [1.29, 1.82) is 0 Å². The first kappa shape index (κ1) is 24.4. The largest absolute Gasteiger partial charge is 0.416 e. The normalized spacial score (nSPS) is 20.2. The van der Waals surface area contributed by atoms with Crippen molar-refractivity contribution in [2.45, 2.75) is 18.7 Å². The van der Waals surface area contributed by atoms with E-state index in [1.165, 1.54) is 17.0 Å².